The van der Waals surface area contributed by atoms with Crippen molar-refractivity contribution in [3.05, 3.63) is 94.6 Å². The van der Waals surface area contributed by atoms with Crippen LogP contribution in [0.1, 0.15) is 27.0 Å². The van der Waals surface area contributed by atoms with Gasteiger partial charge < -0.3 is 14.7 Å². The van der Waals surface area contributed by atoms with Gasteiger partial charge in [0.1, 0.15) is 23.8 Å². The van der Waals surface area contributed by atoms with Crippen molar-refractivity contribution in [2.45, 2.75) is 6.54 Å². The van der Waals surface area contributed by atoms with Crippen molar-refractivity contribution in [3.63, 3.8) is 0 Å². The fourth-order valence-corrected chi connectivity index (χ4v) is 5.29. The highest BCUT2D eigenvalue weighted by molar-refractivity contribution is 5.95. The molecule has 1 amide bonds. The van der Waals surface area contributed by atoms with E-state index in [9.17, 15) is 19.7 Å². The first-order valence-electron chi connectivity index (χ1n) is 13.0. The molecule has 0 radical (unpaired) electrons. The largest absolute Gasteiger partial charge is 0.368 e. The van der Waals surface area contributed by atoms with Crippen LogP contribution in [0.25, 0.3) is 0 Å². The molecule has 0 atom stereocenters. The van der Waals surface area contributed by atoms with Crippen LogP contribution in [-0.2, 0) is 6.54 Å². The predicted molar refractivity (Wildman–Crippen MR) is 144 cm³/mol. The molecule has 0 N–H and O–H groups in total. The molecule has 0 aromatic heterocycles. The summed E-state index contributed by atoms with van der Waals surface area (Å²) < 4.78 is 30.3. The maximum Gasteiger partial charge on any atom is 0.256 e. The van der Waals surface area contributed by atoms with Gasteiger partial charge in [-0.05, 0) is 36.4 Å². The van der Waals surface area contributed by atoms with Gasteiger partial charge in [-0.15, -0.1) is 0 Å². The van der Waals surface area contributed by atoms with Crippen LogP contribution in [0, 0.1) is 34.3 Å². The quantitative estimate of drug-likeness (QED) is 0.500. The monoisotopic (exact) mass is 526 g/mol. The van der Waals surface area contributed by atoms with E-state index in [-0.39, 0.29) is 17.7 Å². The summed E-state index contributed by atoms with van der Waals surface area (Å²) >= 11 is 0. The van der Waals surface area contributed by atoms with Crippen LogP contribution < -0.4 is 9.80 Å². The highest BCUT2D eigenvalue weighted by Gasteiger charge is 2.28. The summed E-state index contributed by atoms with van der Waals surface area (Å²) in [5.41, 5.74) is 2.62. The number of hydrogen-bond donors (Lipinski definition) is 0. The second-order valence-electron chi connectivity index (χ2n) is 9.69. The maximum absolute atomic E-state index is 15.6. The van der Waals surface area contributed by atoms with Crippen molar-refractivity contribution in [3.8, 4) is 12.1 Å². The average Bonchev–Trinajstić information content (AvgIpc) is 2.99. The first-order chi connectivity index (χ1) is 19.0. The maximum atomic E-state index is 15.6. The summed E-state index contributed by atoms with van der Waals surface area (Å²) in [5.74, 6) is -1.94. The lowest BCUT2D eigenvalue weighted by Crippen LogP contribution is -2.49. The Hall–Kier alpha value is -4.47. The first kappa shape index (κ1) is 26.1. The number of hydrogen-bond acceptors (Lipinski definition) is 6. The Kier molecular flexibility index (Phi) is 7.72. The van der Waals surface area contributed by atoms with Crippen molar-refractivity contribution < 1.29 is 13.6 Å². The molecule has 39 heavy (non-hydrogen) atoms. The lowest BCUT2D eigenvalue weighted by molar-refractivity contribution is 0.0741. The standard InChI is InChI=1S/C30H28F2N6O/c31-26-10-9-24(30(39)38-17-15-37(16-18-38)28-8-4-2-6-23(28)20-34)29(32)25(26)21-35-11-13-36(14-12-35)27-7-3-1-5-22(27)19-33/h1-10H,11-18,21H2. The number of piperazine rings is 2. The Morgan fingerprint density at radius 1 is 0.718 bits per heavy atom. The Labute approximate surface area is 226 Å². The fraction of sp³-hybridized carbons (Fsp3) is 0.300. The van der Waals surface area contributed by atoms with E-state index in [1.807, 2.05) is 46.2 Å². The number of rotatable bonds is 5. The molecule has 0 spiro atoms. The van der Waals surface area contributed by atoms with Crippen LogP contribution in [0.3, 0.4) is 0 Å². The minimum absolute atomic E-state index is 0.0608. The van der Waals surface area contributed by atoms with Gasteiger partial charge in [-0.2, -0.15) is 10.5 Å². The van der Waals surface area contributed by atoms with Crippen LogP contribution in [0.15, 0.2) is 60.7 Å². The number of amides is 1. The fourth-order valence-electron chi connectivity index (χ4n) is 5.29. The van der Waals surface area contributed by atoms with Crippen LogP contribution in [0.4, 0.5) is 20.2 Å². The molecule has 2 aliphatic heterocycles. The Morgan fingerprint density at radius 3 is 1.77 bits per heavy atom. The van der Waals surface area contributed by atoms with E-state index in [1.165, 1.54) is 12.1 Å². The van der Waals surface area contributed by atoms with Gasteiger partial charge in [0.2, 0.25) is 0 Å². The van der Waals surface area contributed by atoms with Gasteiger partial charge in [0, 0.05) is 64.5 Å². The van der Waals surface area contributed by atoms with Crippen molar-refractivity contribution in [1.29, 1.82) is 10.5 Å². The molecule has 0 unspecified atom stereocenters. The van der Waals surface area contributed by atoms with Crippen LogP contribution in [-0.4, -0.2) is 68.1 Å². The van der Waals surface area contributed by atoms with E-state index in [0.717, 1.165) is 11.4 Å². The van der Waals surface area contributed by atoms with Crippen LogP contribution in [0.2, 0.25) is 0 Å². The number of anilines is 2. The van der Waals surface area contributed by atoms with Crippen molar-refractivity contribution >= 4 is 17.3 Å². The van der Waals surface area contributed by atoms with Gasteiger partial charge in [0.05, 0.1) is 28.1 Å². The molecule has 3 aromatic carbocycles. The third-order valence-corrected chi connectivity index (χ3v) is 7.47. The average molecular weight is 527 g/mol. The van der Waals surface area contributed by atoms with Crippen molar-refractivity contribution in [2.75, 3.05) is 62.2 Å². The number of carbonyl (C=O) groups excluding carboxylic acids is 1. The van der Waals surface area contributed by atoms with E-state index in [0.29, 0.717) is 63.5 Å². The number of para-hydroxylation sites is 2. The van der Waals surface area contributed by atoms with Gasteiger partial charge in [-0.3, -0.25) is 9.69 Å². The molecule has 9 heteroatoms. The molecule has 2 heterocycles. The number of carbonyl (C=O) groups is 1. The third kappa shape index (κ3) is 5.41. The number of nitriles is 2. The zero-order valence-corrected chi connectivity index (χ0v) is 21.5. The van der Waals surface area contributed by atoms with Gasteiger partial charge >= 0.3 is 0 Å². The third-order valence-electron chi connectivity index (χ3n) is 7.47. The normalized spacial score (nSPS) is 16.1. The van der Waals surface area contributed by atoms with Crippen molar-refractivity contribution in [1.82, 2.24) is 9.80 Å². The summed E-state index contributed by atoms with van der Waals surface area (Å²) in [6.45, 7) is 4.23. The molecular weight excluding hydrogens is 498 g/mol. The Balaban J connectivity index is 1.23. The lowest BCUT2D eigenvalue weighted by atomic mass is 10.1. The predicted octanol–water partition coefficient (Wildman–Crippen LogP) is 3.99. The SMILES string of the molecule is N#Cc1ccccc1N1CCN(Cc2c(F)ccc(C(=O)N3CCN(c4ccccc4C#N)CC3)c2F)CC1. The summed E-state index contributed by atoms with van der Waals surface area (Å²) in [6.07, 6.45) is 0. The minimum atomic E-state index is -0.811. The molecule has 0 saturated carbocycles. The van der Waals surface area contributed by atoms with Crippen LogP contribution in [0.5, 0.6) is 0 Å². The van der Waals surface area contributed by atoms with Gasteiger partial charge in [0.15, 0.2) is 0 Å². The lowest BCUT2D eigenvalue weighted by Gasteiger charge is -2.37. The number of nitrogens with zero attached hydrogens (tertiary/aromatic N) is 6. The molecule has 0 bridgehead atoms. The van der Waals surface area contributed by atoms with E-state index in [4.69, 9.17) is 0 Å². The number of benzene rings is 3. The summed E-state index contributed by atoms with van der Waals surface area (Å²) in [7, 11) is 0. The van der Waals surface area contributed by atoms with E-state index in [1.54, 1.807) is 17.0 Å². The highest BCUT2D eigenvalue weighted by atomic mass is 19.1. The van der Waals surface area contributed by atoms with E-state index in [2.05, 4.69) is 17.0 Å². The van der Waals surface area contributed by atoms with Crippen molar-refractivity contribution in [2.24, 2.45) is 0 Å². The molecule has 2 fully saturated rings. The second kappa shape index (κ2) is 11.5. The molecule has 2 aliphatic rings. The molecule has 5 rings (SSSR count). The molecule has 198 valence electrons. The molecule has 3 aromatic rings. The minimum Gasteiger partial charge on any atom is -0.368 e. The highest BCUT2D eigenvalue weighted by Crippen LogP contribution is 2.25. The summed E-state index contributed by atoms with van der Waals surface area (Å²) in [4.78, 5) is 20.9. The van der Waals surface area contributed by atoms with Crippen LogP contribution >= 0.6 is 0 Å². The Morgan fingerprint density at radius 2 is 1.23 bits per heavy atom. The summed E-state index contributed by atoms with van der Waals surface area (Å²) in [6, 6.07) is 21.5. The number of halogens is 2. The zero-order valence-electron chi connectivity index (χ0n) is 21.5. The molecule has 2 saturated heterocycles. The van der Waals surface area contributed by atoms with E-state index >= 15 is 4.39 Å². The molecule has 7 nitrogen and oxygen atoms in total. The Bertz CT molecular complexity index is 1450. The van der Waals surface area contributed by atoms with E-state index < -0.39 is 17.5 Å². The second-order valence-corrected chi connectivity index (χ2v) is 9.69. The zero-order chi connectivity index (χ0) is 27.4. The molecular formula is C30H28F2N6O. The summed E-state index contributed by atoms with van der Waals surface area (Å²) in [5, 5.41) is 18.8. The van der Waals surface area contributed by atoms with Gasteiger partial charge in [-0.25, -0.2) is 8.78 Å². The van der Waals surface area contributed by atoms with Gasteiger partial charge in [0.25, 0.3) is 5.91 Å². The topological polar surface area (TPSA) is 77.6 Å². The molecule has 0 aliphatic carbocycles. The van der Waals surface area contributed by atoms with Gasteiger partial charge in [-0.1, -0.05) is 24.3 Å². The smallest absolute Gasteiger partial charge is 0.256 e. The first-order valence-corrected chi connectivity index (χ1v) is 13.0.